The Morgan fingerprint density at radius 2 is 1.83 bits per heavy atom. The molecule has 0 bridgehead atoms. The van der Waals surface area contributed by atoms with Gasteiger partial charge in [0.2, 0.25) is 5.91 Å². The van der Waals surface area contributed by atoms with Crippen molar-refractivity contribution in [3.05, 3.63) is 101 Å². The number of nitrogens with zero attached hydrogens (tertiary/aromatic N) is 2. The van der Waals surface area contributed by atoms with Crippen LogP contribution >= 0.6 is 11.6 Å². The first-order chi connectivity index (χ1) is 14.6. The molecule has 4 nitrogen and oxygen atoms in total. The lowest BCUT2D eigenvalue weighted by molar-refractivity contribution is -0.121. The number of hydrogen-bond acceptors (Lipinski definition) is 2. The van der Waals surface area contributed by atoms with Crippen LogP contribution in [0.15, 0.2) is 79.1 Å². The molecular formula is C25H24ClN3O. The molecule has 5 heteroatoms. The van der Waals surface area contributed by atoms with Crippen LogP contribution in [-0.2, 0) is 18.3 Å². The first kappa shape index (κ1) is 20.2. The van der Waals surface area contributed by atoms with Gasteiger partial charge in [0.05, 0.1) is 0 Å². The molecule has 0 saturated carbocycles. The Bertz CT molecular complexity index is 1140. The Morgan fingerprint density at radius 3 is 2.60 bits per heavy atom. The smallest absolute Gasteiger partial charge is 0.220 e. The Labute approximate surface area is 181 Å². The van der Waals surface area contributed by atoms with E-state index in [0.29, 0.717) is 24.4 Å². The van der Waals surface area contributed by atoms with Gasteiger partial charge in [-0.15, -0.1) is 0 Å². The van der Waals surface area contributed by atoms with Crippen molar-refractivity contribution in [2.75, 3.05) is 6.54 Å². The van der Waals surface area contributed by atoms with Crippen LogP contribution in [0.3, 0.4) is 0 Å². The number of nitrogens with one attached hydrogen (secondary N) is 1. The quantitative estimate of drug-likeness (QED) is 0.454. The first-order valence-corrected chi connectivity index (χ1v) is 10.5. The summed E-state index contributed by atoms with van der Waals surface area (Å²) in [5.74, 6) is -0.0259. The number of aromatic nitrogens is 2. The van der Waals surface area contributed by atoms with Crippen LogP contribution < -0.4 is 5.32 Å². The third-order valence-electron chi connectivity index (χ3n) is 5.39. The van der Waals surface area contributed by atoms with E-state index in [4.69, 9.17) is 11.6 Å². The van der Waals surface area contributed by atoms with E-state index in [1.165, 1.54) is 5.39 Å². The number of hydrogen-bond donors (Lipinski definition) is 1. The molecule has 1 amide bonds. The summed E-state index contributed by atoms with van der Waals surface area (Å²) in [5, 5.41) is 4.91. The van der Waals surface area contributed by atoms with E-state index >= 15 is 0 Å². The summed E-state index contributed by atoms with van der Waals surface area (Å²) in [7, 11) is 2.04. The largest absolute Gasteiger partial charge is 0.356 e. The van der Waals surface area contributed by atoms with E-state index in [2.05, 4.69) is 33.2 Å². The van der Waals surface area contributed by atoms with Gasteiger partial charge < -0.3 is 9.88 Å². The van der Waals surface area contributed by atoms with Gasteiger partial charge in [-0.3, -0.25) is 9.78 Å². The molecular weight excluding hydrogens is 394 g/mol. The van der Waals surface area contributed by atoms with Crippen molar-refractivity contribution in [1.82, 2.24) is 14.9 Å². The molecule has 0 aliphatic rings. The van der Waals surface area contributed by atoms with Crippen molar-refractivity contribution >= 4 is 28.4 Å². The Hall–Kier alpha value is -3.11. The summed E-state index contributed by atoms with van der Waals surface area (Å²) in [6.45, 7) is 0.568. The van der Waals surface area contributed by atoms with Gasteiger partial charge >= 0.3 is 0 Å². The highest BCUT2D eigenvalue weighted by Crippen LogP contribution is 2.34. The predicted octanol–water partition coefficient (Wildman–Crippen LogP) is 5.11. The van der Waals surface area contributed by atoms with Crippen LogP contribution in [0.1, 0.15) is 29.2 Å². The predicted molar refractivity (Wildman–Crippen MR) is 122 cm³/mol. The molecule has 2 aromatic carbocycles. The second kappa shape index (κ2) is 9.14. The van der Waals surface area contributed by atoms with Crippen molar-refractivity contribution in [3.8, 4) is 0 Å². The number of benzene rings is 2. The molecule has 0 aliphatic heterocycles. The third-order valence-corrected chi connectivity index (χ3v) is 5.65. The lowest BCUT2D eigenvalue weighted by atomic mass is 9.88. The minimum absolute atomic E-state index is 0.0267. The summed E-state index contributed by atoms with van der Waals surface area (Å²) < 4.78 is 2.12. The fraction of sp³-hybridized carbons (Fsp3) is 0.200. The zero-order valence-corrected chi connectivity index (χ0v) is 17.6. The molecule has 0 aliphatic carbocycles. The number of aryl methyl sites for hydroxylation is 1. The van der Waals surface area contributed by atoms with Gasteiger partial charge in [-0.05, 0) is 41.5 Å². The highest BCUT2D eigenvalue weighted by Gasteiger charge is 2.22. The Morgan fingerprint density at radius 1 is 1.07 bits per heavy atom. The summed E-state index contributed by atoms with van der Waals surface area (Å²) in [5.41, 5.74) is 4.36. The van der Waals surface area contributed by atoms with Crippen LogP contribution in [-0.4, -0.2) is 22.0 Å². The van der Waals surface area contributed by atoms with Gasteiger partial charge in [0.25, 0.3) is 0 Å². The fourth-order valence-corrected chi connectivity index (χ4v) is 4.01. The van der Waals surface area contributed by atoms with E-state index < -0.39 is 0 Å². The van der Waals surface area contributed by atoms with Gasteiger partial charge in [-0.25, -0.2) is 0 Å². The average Bonchev–Trinajstić information content (AvgIpc) is 3.10. The minimum atomic E-state index is -0.0526. The molecule has 2 heterocycles. The van der Waals surface area contributed by atoms with Gasteiger partial charge in [0.1, 0.15) is 0 Å². The zero-order chi connectivity index (χ0) is 20.9. The van der Waals surface area contributed by atoms with E-state index in [9.17, 15) is 4.79 Å². The lowest BCUT2D eigenvalue weighted by Crippen LogP contribution is -2.27. The summed E-state index contributed by atoms with van der Waals surface area (Å²) in [4.78, 5) is 17.1. The fourth-order valence-electron chi connectivity index (χ4n) is 3.89. The number of rotatable bonds is 7. The zero-order valence-electron chi connectivity index (χ0n) is 16.9. The van der Waals surface area contributed by atoms with Crippen molar-refractivity contribution in [3.63, 3.8) is 0 Å². The molecule has 0 fully saturated rings. The SMILES string of the molecule is Cn1cc([C@H](CC(=O)NCCc2ccccn2)c2ccc(Cl)cc2)c2ccccc21. The standard InChI is InChI=1S/C25H24ClN3O/c1-29-17-23(21-7-2-3-8-24(21)29)22(18-9-11-19(26)12-10-18)16-25(30)28-15-13-20-6-4-5-14-27-20/h2-12,14,17,22H,13,15-16H2,1H3,(H,28,30)/t22-/m1/s1. The van der Waals surface area contributed by atoms with Crippen molar-refractivity contribution in [2.24, 2.45) is 7.05 Å². The monoisotopic (exact) mass is 417 g/mol. The van der Waals surface area contributed by atoms with Gasteiger partial charge in [0, 0.05) is 66.4 Å². The number of carbonyl (C=O) groups excluding carboxylic acids is 1. The van der Waals surface area contributed by atoms with Gasteiger partial charge in [-0.1, -0.05) is 48.0 Å². The molecule has 2 aromatic heterocycles. The number of fused-ring (bicyclic) bond motifs is 1. The summed E-state index contributed by atoms with van der Waals surface area (Å²) in [6, 6.07) is 21.9. The maximum atomic E-state index is 12.8. The summed E-state index contributed by atoms with van der Waals surface area (Å²) in [6.07, 6.45) is 4.99. The van der Waals surface area contributed by atoms with E-state index in [0.717, 1.165) is 22.3 Å². The van der Waals surface area contributed by atoms with Gasteiger partial charge in [0.15, 0.2) is 0 Å². The van der Waals surface area contributed by atoms with Crippen LogP contribution in [0, 0.1) is 0 Å². The highest BCUT2D eigenvalue weighted by molar-refractivity contribution is 6.30. The van der Waals surface area contributed by atoms with Crippen LogP contribution in [0.25, 0.3) is 10.9 Å². The number of halogens is 1. The normalized spacial score (nSPS) is 12.1. The van der Waals surface area contributed by atoms with Crippen LogP contribution in [0.2, 0.25) is 5.02 Å². The van der Waals surface area contributed by atoms with Crippen LogP contribution in [0.5, 0.6) is 0 Å². The average molecular weight is 418 g/mol. The lowest BCUT2D eigenvalue weighted by Gasteiger charge is -2.17. The molecule has 1 N–H and O–H groups in total. The topological polar surface area (TPSA) is 46.9 Å². The molecule has 0 radical (unpaired) electrons. The molecule has 0 spiro atoms. The van der Waals surface area contributed by atoms with Crippen molar-refractivity contribution in [2.45, 2.75) is 18.8 Å². The molecule has 152 valence electrons. The third kappa shape index (κ3) is 4.55. The summed E-state index contributed by atoms with van der Waals surface area (Å²) >= 11 is 6.10. The first-order valence-electron chi connectivity index (χ1n) is 10.1. The van der Waals surface area contributed by atoms with Crippen molar-refractivity contribution < 1.29 is 4.79 Å². The number of para-hydroxylation sites is 1. The highest BCUT2D eigenvalue weighted by atomic mass is 35.5. The molecule has 30 heavy (non-hydrogen) atoms. The number of pyridine rings is 1. The Balaban J connectivity index is 1.56. The van der Waals surface area contributed by atoms with E-state index in [-0.39, 0.29) is 11.8 Å². The maximum absolute atomic E-state index is 12.8. The second-order valence-corrected chi connectivity index (χ2v) is 7.88. The minimum Gasteiger partial charge on any atom is -0.356 e. The molecule has 4 aromatic rings. The molecule has 0 unspecified atom stereocenters. The number of amides is 1. The molecule has 4 rings (SSSR count). The maximum Gasteiger partial charge on any atom is 0.220 e. The molecule has 1 atom stereocenters. The Kier molecular flexibility index (Phi) is 6.15. The molecule has 0 saturated heterocycles. The van der Waals surface area contributed by atoms with E-state index in [1.807, 2.05) is 61.6 Å². The second-order valence-electron chi connectivity index (χ2n) is 7.44. The van der Waals surface area contributed by atoms with Crippen molar-refractivity contribution in [1.29, 1.82) is 0 Å². The number of carbonyl (C=O) groups is 1. The van der Waals surface area contributed by atoms with Crippen LogP contribution in [0.4, 0.5) is 0 Å². The van der Waals surface area contributed by atoms with Gasteiger partial charge in [-0.2, -0.15) is 0 Å². The van der Waals surface area contributed by atoms with E-state index in [1.54, 1.807) is 6.20 Å².